The summed E-state index contributed by atoms with van der Waals surface area (Å²) in [5, 5.41) is 3.56. The van der Waals surface area contributed by atoms with Crippen LogP contribution < -0.4 is 29.0 Å². The molecule has 5 rings (SSSR count). The van der Waals surface area contributed by atoms with E-state index in [1.165, 1.54) is 11.1 Å². The van der Waals surface area contributed by atoms with Crippen molar-refractivity contribution in [3.8, 4) is 28.7 Å². The predicted molar refractivity (Wildman–Crippen MR) is 116 cm³/mol. The lowest BCUT2D eigenvalue weighted by molar-refractivity contribution is 0.173. The van der Waals surface area contributed by atoms with Gasteiger partial charge in [0, 0.05) is 18.0 Å². The second-order valence-electron chi connectivity index (χ2n) is 7.56. The first-order chi connectivity index (χ1) is 15.3. The largest absolute Gasteiger partial charge is 0.496 e. The van der Waals surface area contributed by atoms with Gasteiger partial charge in [0.05, 0.1) is 7.11 Å². The van der Waals surface area contributed by atoms with Crippen LogP contribution in [0.4, 0.5) is 0 Å². The van der Waals surface area contributed by atoms with Gasteiger partial charge in [0.25, 0.3) is 0 Å². The number of methoxy groups -OCH3 is 1. The first-order valence-corrected chi connectivity index (χ1v) is 10.4. The lowest BCUT2D eigenvalue weighted by Gasteiger charge is -2.21. The van der Waals surface area contributed by atoms with Crippen molar-refractivity contribution in [1.29, 1.82) is 0 Å². The molecule has 6 heteroatoms. The van der Waals surface area contributed by atoms with Crippen molar-refractivity contribution in [3.05, 3.63) is 77.4 Å². The molecule has 2 aliphatic heterocycles. The van der Waals surface area contributed by atoms with E-state index in [1.807, 2.05) is 30.3 Å². The van der Waals surface area contributed by atoms with Gasteiger partial charge in [-0.25, -0.2) is 0 Å². The van der Waals surface area contributed by atoms with Crippen molar-refractivity contribution in [1.82, 2.24) is 5.32 Å². The molecule has 1 N–H and O–H groups in total. The molecule has 0 saturated carbocycles. The molecular weight excluding hydrogens is 394 g/mol. The first kappa shape index (κ1) is 19.6. The quantitative estimate of drug-likeness (QED) is 0.544. The molecule has 6 nitrogen and oxygen atoms in total. The van der Waals surface area contributed by atoms with Gasteiger partial charge in [-0.2, -0.15) is 0 Å². The highest BCUT2D eigenvalue weighted by Gasteiger charge is 2.22. The zero-order valence-corrected chi connectivity index (χ0v) is 17.4. The van der Waals surface area contributed by atoms with Gasteiger partial charge in [-0.05, 0) is 54.4 Å². The Labute approximate surface area is 181 Å². The number of para-hydroxylation sites is 1. The van der Waals surface area contributed by atoms with Crippen LogP contribution in [0, 0.1) is 0 Å². The minimum absolute atomic E-state index is 0.162. The molecule has 31 heavy (non-hydrogen) atoms. The molecule has 0 aromatic heterocycles. The van der Waals surface area contributed by atoms with Crippen molar-refractivity contribution in [2.75, 3.05) is 27.2 Å². The lowest BCUT2D eigenvalue weighted by Crippen LogP contribution is -2.18. The van der Waals surface area contributed by atoms with Crippen LogP contribution >= 0.6 is 0 Å². The van der Waals surface area contributed by atoms with Gasteiger partial charge >= 0.3 is 0 Å². The fourth-order valence-electron chi connectivity index (χ4n) is 4.12. The third-order valence-corrected chi connectivity index (χ3v) is 5.69. The lowest BCUT2D eigenvalue weighted by atomic mass is 9.87. The Kier molecular flexibility index (Phi) is 5.54. The average molecular weight is 419 g/mol. The number of nitrogens with one attached hydrogen (secondary N) is 1. The van der Waals surface area contributed by atoms with Crippen molar-refractivity contribution >= 4 is 0 Å². The summed E-state index contributed by atoms with van der Waals surface area (Å²) < 4.78 is 27.6. The summed E-state index contributed by atoms with van der Waals surface area (Å²) in [7, 11) is 1.72. The number of hydrogen-bond acceptors (Lipinski definition) is 6. The van der Waals surface area contributed by atoms with Crippen molar-refractivity contribution < 1.29 is 23.7 Å². The standard InChI is InChI=1S/C25H25NO5/c1-27-21-5-3-2-4-20(21)19(18-7-9-23-25(13-18)31-16-29-23)10-11-26-14-17-6-8-22-24(12-17)30-15-28-22/h2-9,12-13,19,26H,10-11,14-16H2,1H3/t19-/m0/s1. The molecule has 0 unspecified atom stereocenters. The maximum absolute atomic E-state index is 5.66. The van der Waals surface area contributed by atoms with E-state index in [0.717, 1.165) is 53.8 Å². The number of fused-ring (bicyclic) bond motifs is 2. The summed E-state index contributed by atoms with van der Waals surface area (Å²) in [6.45, 7) is 2.17. The minimum Gasteiger partial charge on any atom is -0.496 e. The fourth-order valence-corrected chi connectivity index (χ4v) is 4.12. The Balaban J connectivity index is 1.31. The Morgan fingerprint density at radius 3 is 2.35 bits per heavy atom. The summed E-state index contributed by atoms with van der Waals surface area (Å²) in [4.78, 5) is 0. The molecule has 0 spiro atoms. The van der Waals surface area contributed by atoms with Gasteiger partial charge in [-0.15, -0.1) is 0 Å². The Morgan fingerprint density at radius 2 is 1.55 bits per heavy atom. The molecule has 2 heterocycles. The zero-order valence-electron chi connectivity index (χ0n) is 17.4. The van der Waals surface area contributed by atoms with E-state index in [0.29, 0.717) is 6.79 Å². The van der Waals surface area contributed by atoms with E-state index in [9.17, 15) is 0 Å². The zero-order chi connectivity index (χ0) is 21.0. The van der Waals surface area contributed by atoms with E-state index in [2.05, 4.69) is 35.6 Å². The first-order valence-electron chi connectivity index (χ1n) is 10.4. The molecule has 0 radical (unpaired) electrons. The third kappa shape index (κ3) is 4.11. The Morgan fingerprint density at radius 1 is 0.839 bits per heavy atom. The summed E-state index contributed by atoms with van der Waals surface area (Å²) >= 11 is 0. The maximum Gasteiger partial charge on any atom is 0.231 e. The van der Waals surface area contributed by atoms with Gasteiger partial charge < -0.3 is 29.0 Å². The smallest absolute Gasteiger partial charge is 0.231 e. The van der Waals surface area contributed by atoms with Crippen LogP contribution in [0.1, 0.15) is 29.0 Å². The minimum atomic E-state index is 0.162. The molecule has 0 fully saturated rings. The second kappa shape index (κ2) is 8.78. The van der Waals surface area contributed by atoms with E-state index in [4.69, 9.17) is 23.7 Å². The van der Waals surface area contributed by atoms with Crippen LogP contribution in [-0.2, 0) is 6.54 Å². The molecule has 0 bridgehead atoms. The summed E-state index contributed by atoms with van der Waals surface area (Å²) in [6, 6.07) is 20.4. The monoisotopic (exact) mass is 419 g/mol. The van der Waals surface area contributed by atoms with Crippen LogP contribution in [0.3, 0.4) is 0 Å². The van der Waals surface area contributed by atoms with E-state index in [-0.39, 0.29) is 12.7 Å². The SMILES string of the molecule is COc1ccccc1[C@@H](CCNCc1ccc2c(c1)OCO2)c1ccc2c(c1)OCO2. The van der Waals surface area contributed by atoms with Gasteiger partial charge in [-0.1, -0.05) is 30.3 Å². The Hall–Kier alpha value is -3.38. The summed E-state index contributed by atoms with van der Waals surface area (Å²) in [5.74, 6) is 4.26. The van der Waals surface area contributed by atoms with Crippen molar-refractivity contribution in [3.63, 3.8) is 0 Å². The number of hydrogen-bond donors (Lipinski definition) is 1. The highest BCUT2D eigenvalue weighted by molar-refractivity contribution is 5.49. The van der Waals surface area contributed by atoms with Gasteiger partial charge in [0.15, 0.2) is 23.0 Å². The van der Waals surface area contributed by atoms with Gasteiger partial charge in [0.1, 0.15) is 5.75 Å². The van der Waals surface area contributed by atoms with E-state index >= 15 is 0 Å². The molecule has 0 saturated heterocycles. The molecule has 1 atom stereocenters. The molecule has 3 aromatic rings. The number of benzene rings is 3. The van der Waals surface area contributed by atoms with Crippen LogP contribution in [-0.4, -0.2) is 27.2 Å². The molecule has 3 aromatic carbocycles. The number of ether oxygens (including phenoxy) is 5. The van der Waals surface area contributed by atoms with Crippen molar-refractivity contribution in [2.24, 2.45) is 0 Å². The predicted octanol–water partition coefficient (Wildman–Crippen LogP) is 4.46. The maximum atomic E-state index is 5.66. The summed E-state index contributed by atoms with van der Waals surface area (Å²) in [6.07, 6.45) is 0.907. The molecule has 0 aliphatic carbocycles. The summed E-state index contributed by atoms with van der Waals surface area (Å²) in [5.41, 5.74) is 3.51. The normalized spacial score (nSPS) is 14.5. The van der Waals surface area contributed by atoms with Crippen molar-refractivity contribution in [2.45, 2.75) is 18.9 Å². The van der Waals surface area contributed by atoms with Gasteiger partial charge in [0.2, 0.25) is 13.6 Å². The van der Waals surface area contributed by atoms with E-state index in [1.54, 1.807) is 7.11 Å². The fraction of sp³-hybridized carbons (Fsp3) is 0.280. The second-order valence-corrected chi connectivity index (χ2v) is 7.56. The molecule has 0 amide bonds. The Bertz CT molecular complexity index is 1070. The highest BCUT2D eigenvalue weighted by atomic mass is 16.7. The molecule has 160 valence electrons. The van der Waals surface area contributed by atoms with Crippen LogP contribution in [0.15, 0.2) is 60.7 Å². The van der Waals surface area contributed by atoms with Gasteiger partial charge in [-0.3, -0.25) is 0 Å². The topological polar surface area (TPSA) is 58.2 Å². The molecular formula is C25H25NO5. The molecule has 2 aliphatic rings. The van der Waals surface area contributed by atoms with Crippen LogP contribution in [0.5, 0.6) is 28.7 Å². The third-order valence-electron chi connectivity index (χ3n) is 5.69. The highest BCUT2D eigenvalue weighted by Crippen LogP contribution is 2.40. The van der Waals surface area contributed by atoms with Crippen LogP contribution in [0.2, 0.25) is 0 Å². The average Bonchev–Trinajstić information content (AvgIpc) is 3.47. The van der Waals surface area contributed by atoms with Crippen LogP contribution in [0.25, 0.3) is 0 Å². The van der Waals surface area contributed by atoms with E-state index < -0.39 is 0 Å². The number of rotatable bonds is 8.